The van der Waals surface area contributed by atoms with Gasteiger partial charge in [0, 0.05) is 31.9 Å². The molecule has 0 fully saturated rings. The Kier molecular flexibility index (Phi) is 4.34. The Balaban J connectivity index is 2.05. The van der Waals surface area contributed by atoms with E-state index in [2.05, 4.69) is 20.2 Å². The fourth-order valence-corrected chi connectivity index (χ4v) is 1.26. The maximum Gasteiger partial charge on any atom is 0.221 e. The van der Waals surface area contributed by atoms with Crippen LogP contribution in [0.25, 0.3) is 0 Å². The van der Waals surface area contributed by atoms with E-state index >= 15 is 0 Å². The molecule has 0 aliphatic rings. The van der Waals surface area contributed by atoms with Crippen molar-refractivity contribution in [2.24, 2.45) is 0 Å². The Morgan fingerprint density at radius 2 is 2.54 bits per heavy atom. The van der Waals surface area contributed by atoms with Crippen molar-refractivity contribution in [3.8, 4) is 0 Å². The van der Waals surface area contributed by atoms with Crippen LogP contribution in [0.5, 0.6) is 0 Å². The quantitative estimate of drug-likeness (QED) is 0.644. The summed E-state index contributed by atoms with van der Waals surface area (Å²) in [7, 11) is 1.63. The van der Waals surface area contributed by atoms with Crippen LogP contribution in [-0.2, 0) is 11.3 Å². The number of rotatable bonds is 5. The molecule has 13 heavy (non-hydrogen) atoms. The second-order valence-electron chi connectivity index (χ2n) is 2.50. The number of carbonyl (C=O) groups is 1. The van der Waals surface area contributed by atoms with Gasteiger partial charge in [0.05, 0.1) is 5.69 Å². The van der Waals surface area contributed by atoms with E-state index < -0.39 is 0 Å². The fraction of sp³-hybridized carbons (Fsp3) is 0.571. The van der Waals surface area contributed by atoms with Gasteiger partial charge in [0.25, 0.3) is 0 Å². The van der Waals surface area contributed by atoms with Crippen molar-refractivity contribution in [1.29, 1.82) is 0 Å². The van der Waals surface area contributed by atoms with E-state index in [1.54, 1.807) is 7.05 Å². The Hall–Kier alpha value is -1.01. The van der Waals surface area contributed by atoms with Crippen molar-refractivity contribution in [2.45, 2.75) is 13.0 Å². The summed E-state index contributed by atoms with van der Waals surface area (Å²) < 4.78 is 3.72. The first-order chi connectivity index (χ1) is 6.33. The van der Waals surface area contributed by atoms with Crippen molar-refractivity contribution in [2.75, 3.05) is 13.6 Å². The SMILES string of the molecule is CNC(=O)CCNCc1csnn1. The van der Waals surface area contributed by atoms with E-state index in [-0.39, 0.29) is 5.91 Å². The molecule has 1 rings (SSSR count). The highest BCUT2D eigenvalue weighted by Crippen LogP contribution is 1.95. The molecule has 0 bridgehead atoms. The summed E-state index contributed by atoms with van der Waals surface area (Å²) in [4.78, 5) is 10.8. The highest BCUT2D eigenvalue weighted by Gasteiger charge is 1.98. The molecule has 1 aromatic heterocycles. The van der Waals surface area contributed by atoms with Crippen LogP contribution < -0.4 is 10.6 Å². The molecule has 72 valence electrons. The molecule has 0 saturated heterocycles. The summed E-state index contributed by atoms with van der Waals surface area (Å²) >= 11 is 1.33. The normalized spacial score (nSPS) is 9.92. The molecule has 0 radical (unpaired) electrons. The van der Waals surface area contributed by atoms with Gasteiger partial charge < -0.3 is 10.6 Å². The number of nitrogens with zero attached hydrogens (tertiary/aromatic N) is 2. The zero-order valence-electron chi connectivity index (χ0n) is 7.41. The lowest BCUT2D eigenvalue weighted by molar-refractivity contribution is -0.120. The molecule has 0 saturated carbocycles. The second kappa shape index (κ2) is 5.60. The molecule has 1 aromatic rings. The summed E-state index contributed by atoms with van der Waals surface area (Å²) in [5, 5.41) is 11.4. The summed E-state index contributed by atoms with van der Waals surface area (Å²) in [5.41, 5.74) is 0.918. The molecular weight excluding hydrogens is 188 g/mol. The standard InChI is InChI=1S/C7H12N4OS/c1-8-7(12)2-3-9-4-6-5-13-11-10-6/h5,9H,2-4H2,1H3,(H,8,12). The van der Waals surface area contributed by atoms with Crippen molar-refractivity contribution < 1.29 is 4.79 Å². The van der Waals surface area contributed by atoms with Crippen LogP contribution in [0.1, 0.15) is 12.1 Å². The van der Waals surface area contributed by atoms with Crippen LogP contribution in [0.15, 0.2) is 5.38 Å². The van der Waals surface area contributed by atoms with Gasteiger partial charge in [-0.2, -0.15) is 0 Å². The van der Waals surface area contributed by atoms with Gasteiger partial charge in [-0.25, -0.2) is 0 Å². The smallest absolute Gasteiger partial charge is 0.221 e. The van der Waals surface area contributed by atoms with Crippen molar-refractivity contribution in [3.63, 3.8) is 0 Å². The molecule has 0 aliphatic heterocycles. The predicted octanol–water partition coefficient (Wildman–Crippen LogP) is -0.236. The molecule has 0 spiro atoms. The lowest BCUT2D eigenvalue weighted by Gasteiger charge is -2.00. The summed E-state index contributed by atoms with van der Waals surface area (Å²) in [6.07, 6.45) is 0.494. The van der Waals surface area contributed by atoms with Crippen LogP contribution in [0.4, 0.5) is 0 Å². The van der Waals surface area contributed by atoms with Gasteiger partial charge in [0.15, 0.2) is 0 Å². The maximum atomic E-state index is 10.8. The van der Waals surface area contributed by atoms with Crippen molar-refractivity contribution in [3.05, 3.63) is 11.1 Å². The Morgan fingerprint density at radius 1 is 1.69 bits per heavy atom. The van der Waals surface area contributed by atoms with Gasteiger partial charge in [-0.15, -0.1) is 5.10 Å². The van der Waals surface area contributed by atoms with E-state index in [0.29, 0.717) is 19.5 Å². The largest absolute Gasteiger partial charge is 0.359 e. The Morgan fingerprint density at radius 3 is 3.15 bits per heavy atom. The van der Waals surface area contributed by atoms with Crippen molar-refractivity contribution >= 4 is 17.4 Å². The first kappa shape index (κ1) is 10.1. The summed E-state index contributed by atoms with van der Waals surface area (Å²) in [6, 6.07) is 0. The minimum Gasteiger partial charge on any atom is -0.359 e. The zero-order chi connectivity index (χ0) is 9.52. The van der Waals surface area contributed by atoms with E-state index in [9.17, 15) is 4.79 Å². The molecule has 1 heterocycles. The average molecular weight is 200 g/mol. The molecule has 0 aromatic carbocycles. The molecule has 0 unspecified atom stereocenters. The predicted molar refractivity (Wildman–Crippen MR) is 50.3 cm³/mol. The average Bonchev–Trinajstić information content (AvgIpc) is 2.64. The van der Waals surface area contributed by atoms with Crippen LogP contribution in [-0.4, -0.2) is 29.1 Å². The Bertz CT molecular complexity index is 249. The monoisotopic (exact) mass is 200 g/mol. The van der Waals surface area contributed by atoms with Crippen LogP contribution in [0.3, 0.4) is 0 Å². The van der Waals surface area contributed by atoms with Crippen molar-refractivity contribution in [1.82, 2.24) is 20.2 Å². The summed E-state index contributed by atoms with van der Waals surface area (Å²) in [5.74, 6) is 0.0453. The maximum absolute atomic E-state index is 10.8. The minimum atomic E-state index is 0.0453. The first-order valence-electron chi connectivity index (χ1n) is 4.00. The molecule has 1 amide bonds. The van der Waals surface area contributed by atoms with E-state index in [1.807, 2.05) is 5.38 Å². The lowest BCUT2D eigenvalue weighted by Crippen LogP contribution is -2.24. The number of amides is 1. The molecule has 6 heteroatoms. The molecule has 0 atom stereocenters. The molecule has 0 aliphatic carbocycles. The molecule has 2 N–H and O–H groups in total. The van der Waals surface area contributed by atoms with Crippen LogP contribution in [0.2, 0.25) is 0 Å². The highest BCUT2D eigenvalue weighted by atomic mass is 32.1. The van der Waals surface area contributed by atoms with Gasteiger partial charge in [-0.1, -0.05) is 4.49 Å². The minimum absolute atomic E-state index is 0.0453. The second-order valence-corrected chi connectivity index (χ2v) is 3.11. The van der Waals surface area contributed by atoms with E-state index in [1.165, 1.54) is 11.5 Å². The third-order valence-corrected chi connectivity index (χ3v) is 2.07. The highest BCUT2D eigenvalue weighted by molar-refractivity contribution is 7.03. The third-order valence-electron chi connectivity index (χ3n) is 1.52. The summed E-state index contributed by atoms with van der Waals surface area (Å²) in [6.45, 7) is 1.34. The van der Waals surface area contributed by atoms with E-state index in [4.69, 9.17) is 0 Å². The number of nitrogens with one attached hydrogen (secondary N) is 2. The van der Waals surface area contributed by atoms with Gasteiger partial charge in [-0.05, 0) is 11.5 Å². The van der Waals surface area contributed by atoms with Gasteiger partial charge in [-0.3, -0.25) is 4.79 Å². The van der Waals surface area contributed by atoms with E-state index in [0.717, 1.165) is 5.69 Å². The number of carbonyl (C=O) groups excluding carboxylic acids is 1. The van der Waals surface area contributed by atoms with Gasteiger partial charge in [0.2, 0.25) is 5.91 Å². The van der Waals surface area contributed by atoms with Crippen LogP contribution in [0, 0.1) is 0 Å². The first-order valence-corrected chi connectivity index (χ1v) is 4.84. The topological polar surface area (TPSA) is 66.9 Å². The van der Waals surface area contributed by atoms with Crippen LogP contribution >= 0.6 is 11.5 Å². The lowest BCUT2D eigenvalue weighted by atomic mass is 10.4. The number of aromatic nitrogens is 2. The number of hydrogen-bond donors (Lipinski definition) is 2. The third kappa shape index (κ3) is 3.95. The number of hydrogen-bond acceptors (Lipinski definition) is 5. The molecular formula is C7H12N4OS. The fourth-order valence-electron chi connectivity index (χ4n) is 0.804. The zero-order valence-corrected chi connectivity index (χ0v) is 8.23. The molecule has 5 nitrogen and oxygen atoms in total. The Labute approximate surface area is 80.7 Å². The van der Waals surface area contributed by atoms with Gasteiger partial charge in [0.1, 0.15) is 0 Å². The van der Waals surface area contributed by atoms with Gasteiger partial charge >= 0.3 is 0 Å².